The molecule has 5 aromatic carbocycles. The predicted molar refractivity (Wildman–Crippen MR) is 198 cm³/mol. The fraction of sp³-hybridized carbons (Fsp3) is 0.0625. The highest BCUT2D eigenvalue weighted by Gasteiger charge is 2.28. The van der Waals surface area contributed by atoms with Crippen molar-refractivity contribution in [3.8, 4) is 34.1 Å². The lowest BCUT2D eigenvalue weighted by atomic mass is 10.1. The second kappa shape index (κ2) is 12.7. The molecule has 9 heteroatoms. The zero-order valence-corrected chi connectivity index (χ0v) is 30.8. The van der Waals surface area contributed by atoms with E-state index >= 15 is 0 Å². The van der Waals surface area contributed by atoms with Crippen LogP contribution < -0.4 is 9.47 Å². The molecule has 0 unspecified atom stereocenters. The molecule has 2 N–H and O–H groups in total. The summed E-state index contributed by atoms with van der Waals surface area (Å²) in [5.41, 5.74) is 4.36. The summed E-state index contributed by atoms with van der Waals surface area (Å²) in [6.45, 7) is 0.831. The van der Waals surface area contributed by atoms with Gasteiger partial charge in [0.05, 0.1) is 14.3 Å². The molecule has 0 saturated carbocycles. The minimum absolute atomic E-state index is 0.311. The van der Waals surface area contributed by atoms with Gasteiger partial charge in [-0.15, -0.1) is 0 Å². The van der Waals surface area contributed by atoms with Crippen LogP contribution in [0.15, 0.2) is 106 Å². The molecule has 41 heavy (non-hydrogen) atoms. The fourth-order valence-corrected chi connectivity index (χ4v) is 11.1. The van der Waals surface area contributed by atoms with Gasteiger partial charge in [-0.1, -0.05) is 18.2 Å². The Kier molecular flexibility index (Phi) is 9.15. The molecule has 0 spiro atoms. The molecule has 1 heterocycles. The number of hydrogen-bond acceptors (Lipinski definition) is 4. The van der Waals surface area contributed by atoms with E-state index in [0.717, 1.165) is 36.9 Å². The van der Waals surface area contributed by atoms with Crippen molar-refractivity contribution in [2.45, 2.75) is 27.9 Å². The Hall–Kier alpha value is -1.43. The van der Waals surface area contributed by atoms with E-state index in [2.05, 4.69) is 157 Å². The molecule has 6 rings (SSSR count). The second-order valence-electron chi connectivity index (χ2n) is 9.42. The van der Waals surface area contributed by atoms with Crippen LogP contribution in [0.25, 0.3) is 11.1 Å². The third kappa shape index (κ3) is 6.29. The number of benzene rings is 5. The van der Waals surface area contributed by atoms with E-state index in [9.17, 15) is 10.2 Å². The van der Waals surface area contributed by atoms with E-state index in [1.54, 1.807) is 0 Å². The van der Waals surface area contributed by atoms with E-state index < -0.39 is 10.9 Å². The number of thiol groups is 1. The minimum Gasteiger partial charge on any atom is -0.506 e. The molecular formula is C32H22I4O4S. The second-order valence-corrected chi connectivity index (χ2v) is 16.2. The van der Waals surface area contributed by atoms with Crippen molar-refractivity contribution < 1.29 is 19.7 Å². The lowest BCUT2D eigenvalue weighted by Crippen LogP contribution is -1.98. The summed E-state index contributed by atoms with van der Waals surface area (Å²) >= 11 is 8.59. The van der Waals surface area contributed by atoms with Crippen molar-refractivity contribution >= 4 is 101 Å². The normalized spacial score (nSPS) is 12.6. The molecule has 0 amide bonds. The van der Waals surface area contributed by atoms with Crippen LogP contribution in [0, 0.1) is 14.3 Å². The Bertz CT molecular complexity index is 1620. The Labute approximate surface area is 295 Å². The topological polar surface area (TPSA) is 58.9 Å². The van der Waals surface area contributed by atoms with Gasteiger partial charge in [-0.25, -0.2) is 0 Å². The van der Waals surface area contributed by atoms with Crippen molar-refractivity contribution in [2.24, 2.45) is 0 Å². The number of fused-ring (bicyclic) bond motifs is 3. The van der Waals surface area contributed by atoms with Crippen LogP contribution in [0.1, 0.15) is 11.1 Å². The lowest BCUT2D eigenvalue weighted by molar-refractivity contribution is 0.305. The monoisotopic (exact) mass is 1010 g/mol. The zero-order valence-electron chi connectivity index (χ0n) is 21.2. The Morgan fingerprint density at radius 2 is 0.951 bits per heavy atom. The van der Waals surface area contributed by atoms with Crippen molar-refractivity contribution in [1.29, 1.82) is 0 Å². The molecule has 0 radical (unpaired) electrons. The SMILES string of the molecule is Oc1c(I)cc(COc2ccc3c(c2)-c2cc(OCc4cc(I)c(O)c(I)c4)ccc2[SH]3c2ccccc2)cc1I. The smallest absolute Gasteiger partial charge is 0.142 e. The van der Waals surface area contributed by atoms with Crippen LogP contribution in [0.4, 0.5) is 0 Å². The number of halogens is 4. The van der Waals surface area contributed by atoms with Gasteiger partial charge in [0.25, 0.3) is 0 Å². The van der Waals surface area contributed by atoms with Crippen LogP contribution in [0.2, 0.25) is 0 Å². The number of phenols is 2. The standard InChI is InChI=1S/C32H22I4O4S/c33-25-10-18(11-26(34)31(25)37)16-39-20-6-8-29-23(14-20)24-15-21(40-17-19-12-27(35)32(38)28(36)13-19)7-9-30(24)41(29)22-4-2-1-3-5-22/h1-15,37-38,41H,16-17H2. The van der Waals surface area contributed by atoms with E-state index in [0.29, 0.717) is 24.7 Å². The molecule has 0 aliphatic carbocycles. The van der Waals surface area contributed by atoms with Crippen LogP contribution in [-0.2, 0) is 13.2 Å². The van der Waals surface area contributed by atoms with Gasteiger partial charge < -0.3 is 19.7 Å². The first-order valence-electron chi connectivity index (χ1n) is 12.5. The Morgan fingerprint density at radius 1 is 0.537 bits per heavy atom. The maximum atomic E-state index is 10.1. The summed E-state index contributed by atoms with van der Waals surface area (Å²) in [6, 6.07) is 31.3. The van der Waals surface area contributed by atoms with Gasteiger partial charge >= 0.3 is 0 Å². The van der Waals surface area contributed by atoms with Crippen molar-refractivity contribution in [2.75, 3.05) is 0 Å². The van der Waals surface area contributed by atoms with E-state index in [-0.39, 0.29) is 0 Å². The number of rotatable bonds is 7. The van der Waals surface area contributed by atoms with Crippen molar-refractivity contribution in [3.05, 3.63) is 116 Å². The molecule has 4 nitrogen and oxygen atoms in total. The van der Waals surface area contributed by atoms with Gasteiger partial charge in [0.1, 0.15) is 36.2 Å². The van der Waals surface area contributed by atoms with E-state index in [1.807, 2.05) is 24.3 Å². The summed E-state index contributed by atoms with van der Waals surface area (Å²) in [6.07, 6.45) is 0. The van der Waals surface area contributed by atoms with E-state index in [4.69, 9.17) is 9.47 Å². The van der Waals surface area contributed by atoms with Gasteiger partial charge in [0, 0.05) is 9.79 Å². The number of aromatic hydroxyl groups is 2. The zero-order chi connectivity index (χ0) is 28.7. The molecule has 0 aromatic heterocycles. The maximum Gasteiger partial charge on any atom is 0.142 e. The van der Waals surface area contributed by atoms with Gasteiger partial charge in [0.2, 0.25) is 0 Å². The highest BCUT2D eigenvalue weighted by atomic mass is 127. The summed E-state index contributed by atoms with van der Waals surface area (Å²) in [5.74, 6) is 2.23. The van der Waals surface area contributed by atoms with Crippen molar-refractivity contribution in [1.82, 2.24) is 0 Å². The molecule has 0 fully saturated rings. The number of phenolic OH excluding ortho intramolecular Hbond substituents is 2. The average Bonchev–Trinajstić information content (AvgIpc) is 3.29. The first-order valence-corrected chi connectivity index (χ1v) is 18.2. The largest absolute Gasteiger partial charge is 0.506 e. The molecule has 1 aliphatic heterocycles. The summed E-state index contributed by atoms with van der Waals surface area (Å²) in [4.78, 5) is 3.93. The van der Waals surface area contributed by atoms with Crippen molar-refractivity contribution in [3.63, 3.8) is 0 Å². The van der Waals surface area contributed by atoms with Crippen LogP contribution >= 0.6 is 101 Å². The molecule has 5 aromatic rings. The average molecular weight is 1010 g/mol. The fourth-order valence-electron chi connectivity index (χ4n) is 4.75. The lowest BCUT2D eigenvalue weighted by Gasteiger charge is -2.19. The van der Waals surface area contributed by atoms with Crippen LogP contribution in [0.5, 0.6) is 23.0 Å². The van der Waals surface area contributed by atoms with Gasteiger partial charge in [-0.2, -0.15) is 10.9 Å². The van der Waals surface area contributed by atoms with Gasteiger partial charge in [0.15, 0.2) is 0 Å². The molecular weight excluding hydrogens is 988 g/mol. The number of hydrogen-bond donors (Lipinski definition) is 3. The Balaban J connectivity index is 1.32. The number of ether oxygens (including phenoxy) is 2. The highest BCUT2D eigenvalue weighted by molar-refractivity contribution is 14.1. The van der Waals surface area contributed by atoms with Crippen LogP contribution in [0.3, 0.4) is 0 Å². The predicted octanol–water partition coefficient (Wildman–Crippen LogP) is 10.1. The summed E-state index contributed by atoms with van der Waals surface area (Å²) < 4.78 is 15.8. The first-order chi connectivity index (χ1) is 19.8. The molecule has 0 bridgehead atoms. The quantitative estimate of drug-likeness (QED) is 0.110. The third-order valence-corrected chi connectivity index (χ3v) is 12.5. The minimum atomic E-state index is -0.698. The summed E-state index contributed by atoms with van der Waals surface area (Å²) in [7, 11) is -0.698. The van der Waals surface area contributed by atoms with Gasteiger partial charge in [-0.05, 0) is 190 Å². The molecule has 0 saturated heterocycles. The summed E-state index contributed by atoms with van der Waals surface area (Å²) in [5, 5.41) is 20.2. The molecule has 1 aliphatic rings. The first kappa shape index (κ1) is 29.6. The maximum absolute atomic E-state index is 10.1. The Morgan fingerprint density at radius 3 is 1.37 bits per heavy atom. The molecule has 0 atom stereocenters. The van der Waals surface area contributed by atoms with E-state index in [1.165, 1.54) is 25.8 Å². The third-order valence-electron chi connectivity index (χ3n) is 6.69. The van der Waals surface area contributed by atoms with Gasteiger partial charge in [-0.3, -0.25) is 0 Å². The molecule has 208 valence electrons. The van der Waals surface area contributed by atoms with Crippen LogP contribution in [-0.4, -0.2) is 10.2 Å². The highest BCUT2D eigenvalue weighted by Crippen LogP contribution is 2.63.